The first kappa shape index (κ1) is 19.8. The van der Waals surface area contributed by atoms with Crippen molar-refractivity contribution in [3.8, 4) is 11.5 Å². The zero-order valence-corrected chi connectivity index (χ0v) is 17.2. The third-order valence-electron chi connectivity index (χ3n) is 5.61. The third-order valence-corrected chi connectivity index (χ3v) is 5.61. The maximum absolute atomic E-state index is 14.8. The molecule has 1 saturated heterocycles. The number of hydrogen-bond acceptors (Lipinski definition) is 7. The molecule has 1 aliphatic heterocycles. The molecule has 5 rings (SSSR count). The standard InChI is InChI=1S/C21H22FN5O4/c1-12(10-29-2)20-24-19(25-31-20)16-18-21(28)26(9-13-5-4-8-30-13)17-14(22)6-3-7-15(17)27(18)11-23-16/h3,6-7,11-13H,4-5,8-10H2,1-2H3. The number of hydrogen-bond donors (Lipinski definition) is 0. The predicted molar refractivity (Wildman–Crippen MR) is 109 cm³/mol. The van der Waals surface area contributed by atoms with Gasteiger partial charge in [-0.3, -0.25) is 13.8 Å². The molecule has 0 spiro atoms. The molecule has 162 valence electrons. The monoisotopic (exact) mass is 427 g/mol. The molecule has 0 aliphatic carbocycles. The van der Waals surface area contributed by atoms with E-state index in [4.69, 9.17) is 14.0 Å². The van der Waals surface area contributed by atoms with E-state index in [1.165, 1.54) is 17.0 Å². The summed E-state index contributed by atoms with van der Waals surface area (Å²) in [4.78, 5) is 22.3. The fourth-order valence-corrected chi connectivity index (χ4v) is 4.11. The van der Waals surface area contributed by atoms with Crippen molar-refractivity contribution in [2.45, 2.75) is 38.3 Å². The maximum Gasteiger partial charge on any atom is 0.277 e. The Bertz CT molecular complexity index is 1300. The van der Waals surface area contributed by atoms with Crippen LogP contribution in [0.15, 0.2) is 33.8 Å². The van der Waals surface area contributed by atoms with Gasteiger partial charge in [-0.25, -0.2) is 9.37 Å². The molecule has 0 amide bonds. The van der Waals surface area contributed by atoms with Gasteiger partial charge >= 0.3 is 0 Å². The van der Waals surface area contributed by atoms with Crippen molar-refractivity contribution >= 4 is 16.6 Å². The molecule has 1 aliphatic rings. The normalized spacial score (nSPS) is 17.7. The smallest absolute Gasteiger partial charge is 0.277 e. The second-order valence-electron chi connectivity index (χ2n) is 7.78. The topological polar surface area (TPSA) is 96.7 Å². The minimum atomic E-state index is -0.472. The van der Waals surface area contributed by atoms with Crippen LogP contribution in [-0.4, -0.2) is 50.5 Å². The molecular formula is C21H22FN5O4. The second kappa shape index (κ2) is 7.86. The fraction of sp³-hybridized carbons (Fsp3) is 0.429. The number of methoxy groups -OCH3 is 1. The molecule has 10 heteroatoms. The van der Waals surface area contributed by atoms with Crippen LogP contribution in [0.4, 0.5) is 4.39 Å². The zero-order chi connectivity index (χ0) is 21.5. The Balaban J connectivity index is 1.71. The largest absolute Gasteiger partial charge is 0.384 e. The van der Waals surface area contributed by atoms with Crippen LogP contribution in [0, 0.1) is 5.82 Å². The minimum Gasteiger partial charge on any atom is -0.384 e. The Hall–Kier alpha value is -3.11. The first-order chi connectivity index (χ1) is 15.1. The molecule has 4 heterocycles. The molecule has 0 N–H and O–H groups in total. The average Bonchev–Trinajstić information content (AvgIpc) is 3.51. The number of fused-ring (bicyclic) bond motifs is 3. The van der Waals surface area contributed by atoms with Crippen LogP contribution in [0.5, 0.6) is 0 Å². The van der Waals surface area contributed by atoms with E-state index in [1.807, 2.05) is 6.92 Å². The van der Waals surface area contributed by atoms with Gasteiger partial charge in [-0.05, 0) is 25.0 Å². The number of imidazole rings is 1. The van der Waals surface area contributed by atoms with Gasteiger partial charge in [0.2, 0.25) is 11.7 Å². The third kappa shape index (κ3) is 3.31. The molecule has 2 unspecified atom stereocenters. The lowest BCUT2D eigenvalue weighted by Crippen LogP contribution is -2.29. The summed E-state index contributed by atoms with van der Waals surface area (Å²) in [7, 11) is 1.59. The van der Waals surface area contributed by atoms with Gasteiger partial charge in [0, 0.05) is 13.7 Å². The Kier molecular flexibility index (Phi) is 5.03. The fourth-order valence-electron chi connectivity index (χ4n) is 4.11. The summed E-state index contributed by atoms with van der Waals surface area (Å²) in [6, 6.07) is 4.71. The zero-order valence-electron chi connectivity index (χ0n) is 17.2. The van der Waals surface area contributed by atoms with Crippen LogP contribution >= 0.6 is 0 Å². The Morgan fingerprint density at radius 2 is 2.23 bits per heavy atom. The summed E-state index contributed by atoms with van der Waals surface area (Å²) in [6.45, 7) is 3.23. The van der Waals surface area contributed by atoms with Crippen molar-refractivity contribution < 1.29 is 18.4 Å². The van der Waals surface area contributed by atoms with E-state index < -0.39 is 5.82 Å². The molecule has 31 heavy (non-hydrogen) atoms. The second-order valence-corrected chi connectivity index (χ2v) is 7.78. The van der Waals surface area contributed by atoms with Crippen LogP contribution in [0.2, 0.25) is 0 Å². The molecule has 0 saturated carbocycles. The van der Waals surface area contributed by atoms with Crippen LogP contribution in [-0.2, 0) is 16.0 Å². The van der Waals surface area contributed by atoms with E-state index in [2.05, 4.69) is 15.1 Å². The predicted octanol–water partition coefficient (Wildman–Crippen LogP) is 2.77. The summed E-state index contributed by atoms with van der Waals surface area (Å²) in [5.41, 5.74) is 0.932. The molecule has 4 aromatic rings. The first-order valence-corrected chi connectivity index (χ1v) is 10.2. The van der Waals surface area contributed by atoms with Crippen molar-refractivity contribution in [2.75, 3.05) is 20.3 Å². The highest BCUT2D eigenvalue weighted by Crippen LogP contribution is 2.26. The van der Waals surface area contributed by atoms with Gasteiger partial charge in [-0.2, -0.15) is 4.98 Å². The number of benzene rings is 1. The number of para-hydroxylation sites is 1. The van der Waals surface area contributed by atoms with Gasteiger partial charge in [0.15, 0.2) is 0 Å². The quantitative estimate of drug-likeness (QED) is 0.467. The molecule has 9 nitrogen and oxygen atoms in total. The van der Waals surface area contributed by atoms with Gasteiger partial charge in [-0.1, -0.05) is 18.1 Å². The molecular weight excluding hydrogens is 405 g/mol. The maximum atomic E-state index is 14.8. The van der Waals surface area contributed by atoms with Crippen molar-refractivity contribution in [3.63, 3.8) is 0 Å². The lowest BCUT2D eigenvalue weighted by molar-refractivity contribution is 0.0972. The van der Waals surface area contributed by atoms with Gasteiger partial charge in [0.25, 0.3) is 5.56 Å². The minimum absolute atomic E-state index is 0.105. The molecule has 1 fully saturated rings. The number of ether oxygens (including phenoxy) is 2. The van der Waals surface area contributed by atoms with Crippen molar-refractivity contribution in [1.82, 2.24) is 24.1 Å². The lowest BCUT2D eigenvalue weighted by Gasteiger charge is -2.16. The van der Waals surface area contributed by atoms with Gasteiger partial charge in [0.1, 0.15) is 28.9 Å². The molecule has 1 aromatic carbocycles. The summed E-state index contributed by atoms with van der Waals surface area (Å²) in [5.74, 6) is 0.0210. The SMILES string of the molecule is COCC(C)c1nc(-c2ncn3c2c(=O)n(CC2CCCO2)c2c(F)cccc23)no1. The highest BCUT2D eigenvalue weighted by Gasteiger charge is 2.25. The number of aromatic nitrogens is 5. The molecule has 2 atom stereocenters. The van der Waals surface area contributed by atoms with Crippen molar-refractivity contribution in [1.29, 1.82) is 0 Å². The Morgan fingerprint density at radius 3 is 3.00 bits per heavy atom. The number of halogens is 1. The van der Waals surface area contributed by atoms with E-state index in [-0.39, 0.29) is 46.7 Å². The van der Waals surface area contributed by atoms with E-state index in [1.54, 1.807) is 23.6 Å². The van der Waals surface area contributed by atoms with E-state index in [9.17, 15) is 9.18 Å². The van der Waals surface area contributed by atoms with Crippen molar-refractivity contribution in [2.24, 2.45) is 0 Å². The first-order valence-electron chi connectivity index (χ1n) is 10.2. The van der Waals surface area contributed by atoms with Crippen LogP contribution in [0.25, 0.3) is 28.1 Å². The van der Waals surface area contributed by atoms with Gasteiger partial charge in [0.05, 0.1) is 30.7 Å². The lowest BCUT2D eigenvalue weighted by atomic mass is 10.2. The van der Waals surface area contributed by atoms with Crippen LogP contribution in [0.1, 0.15) is 31.6 Å². The molecule has 3 aromatic heterocycles. The van der Waals surface area contributed by atoms with Crippen molar-refractivity contribution in [3.05, 3.63) is 46.6 Å². The van der Waals surface area contributed by atoms with Crippen LogP contribution in [0.3, 0.4) is 0 Å². The van der Waals surface area contributed by atoms with E-state index in [0.29, 0.717) is 24.6 Å². The number of nitrogens with zero attached hydrogens (tertiary/aromatic N) is 5. The van der Waals surface area contributed by atoms with E-state index >= 15 is 0 Å². The molecule has 0 radical (unpaired) electrons. The summed E-state index contributed by atoms with van der Waals surface area (Å²) < 4.78 is 34.1. The van der Waals surface area contributed by atoms with Crippen LogP contribution < -0.4 is 5.56 Å². The summed E-state index contributed by atoms with van der Waals surface area (Å²) in [5, 5.41) is 4.02. The summed E-state index contributed by atoms with van der Waals surface area (Å²) in [6.07, 6.45) is 3.09. The Morgan fingerprint density at radius 1 is 1.35 bits per heavy atom. The van der Waals surface area contributed by atoms with E-state index in [0.717, 1.165) is 12.8 Å². The summed E-state index contributed by atoms with van der Waals surface area (Å²) >= 11 is 0. The number of rotatable bonds is 6. The average molecular weight is 427 g/mol. The molecule has 0 bridgehead atoms. The highest BCUT2D eigenvalue weighted by molar-refractivity contribution is 5.84. The van der Waals surface area contributed by atoms with Gasteiger partial charge < -0.3 is 14.0 Å². The highest BCUT2D eigenvalue weighted by atomic mass is 19.1. The van der Waals surface area contributed by atoms with Gasteiger partial charge in [-0.15, -0.1) is 0 Å². The Labute approximate surface area is 176 Å².